The minimum atomic E-state index is -5.02. The summed E-state index contributed by atoms with van der Waals surface area (Å²) in [5, 5.41) is 10.3. The zero-order valence-electron chi connectivity index (χ0n) is 15.8. The van der Waals surface area contributed by atoms with E-state index in [-0.39, 0.29) is 30.4 Å². The van der Waals surface area contributed by atoms with Crippen molar-refractivity contribution < 1.29 is 31.5 Å². The highest BCUT2D eigenvalue weighted by atomic mass is 32.2. The van der Waals surface area contributed by atoms with E-state index in [1.807, 2.05) is 0 Å². The number of sulfonamides is 1. The molecule has 1 aliphatic rings. The van der Waals surface area contributed by atoms with Gasteiger partial charge in [-0.25, -0.2) is 12.7 Å². The smallest absolute Gasteiger partial charge is 0.376 e. The first-order chi connectivity index (χ1) is 12.9. The van der Waals surface area contributed by atoms with Gasteiger partial charge in [0.05, 0.1) is 12.2 Å². The van der Waals surface area contributed by atoms with Crippen LogP contribution in [-0.4, -0.2) is 66.7 Å². The van der Waals surface area contributed by atoms with Gasteiger partial charge in [0.1, 0.15) is 0 Å². The molecule has 0 spiro atoms. The van der Waals surface area contributed by atoms with Crippen LogP contribution in [0.5, 0.6) is 0 Å². The number of piperidine rings is 1. The van der Waals surface area contributed by atoms with Crippen molar-refractivity contribution in [3.8, 4) is 0 Å². The Kier molecular flexibility index (Phi) is 6.78. The van der Waals surface area contributed by atoms with Gasteiger partial charge in [-0.05, 0) is 25.3 Å². The molecular formula is C18H25F3N2O4S. The summed E-state index contributed by atoms with van der Waals surface area (Å²) in [4.78, 5) is 13.7. The Balaban J connectivity index is 2.09. The van der Waals surface area contributed by atoms with Crippen molar-refractivity contribution in [2.24, 2.45) is 0 Å². The van der Waals surface area contributed by atoms with Crippen LogP contribution >= 0.6 is 0 Å². The summed E-state index contributed by atoms with van der Waals surface area (Å²) in [5.41, 5.74) is -3.66. The van der Waals surface area contributed by atoms with Crippen LogP contribution in [0.3, 0.4) is 0 Å². The highest BCUT2D eigenvalue weighted by Crippen LogP contribution is 2.42. The fourth-order valence-corrected chi connectivity index (χ4v) is 4.39. The minimum Gasteiger partial charge on any atom is -0.376 e. The van der Waals surface area contributed by atoms with Crippen molar-refractivity contribution in [1.82, 2.24) is 9.21 Å². The Labute approximate surface area is 163 Å². The lowest BCUT2D eigenvalue weighted by molar-refractivity contribution is -0.268. The van der Waals surface area contributed by atoms with Gasteiger partial charge in [-0.2, -0.15) is 13.2 Å². The summed E-state index contributed by atoms with van der Waals surface area (Å²) in [5.74, 6) is -0.860. The van der Waals surface area contributed by atoms with Crippen molar-refractivity contribution >= 4 is 15.9 Å². The fourth-order valence-electron chi connectivity index (χ4n) is 3.32. The summed E-state index contributed by atoms with van der Waals surface area (Å²) in [6.45, 7) is 1.80. The average molecular weight is 422 g/mol. The van der Waals surface area contributed by atoms with Gasteiger partial charge in [-0.15, -0.1) is 0 Å². The van der Waals surface area contributed by atoms with E-state index in [1.54, 1.807) is 0 Å². The number of carbonyl (C=O) groups is 1. The predicted molar refractivity (Wildman–Crippen MR) is 97.8 cm³/mol. The molecule has 0 saturated carbocycles. The van der Waals surface area contributed by atoms with Gasteiger partial charge in [-0.1, -0.05) is 30.3 Å². The van der Waals surface area contributed by atoms with E-state index in [2.05, 4.69) is 0 Å². The molecule has 1 aliphatic heterocycles. The fraction of sp³-hybridized carbons (Fsp3) is 0.611. The molecule has 1 saturated heterocycles. The van der Waals surface area contributed by atoms with Gasteiger partial charge in [0.2, 0.25) is 15.9 Å². The molecule has 2 rings (SSSR count). The van der Waals surface area contributed by atoms with Crippen LogP contribution in [0.2, 0.25) is 0 Å². The van der Waals surface area contributed by atoms with Crippen LogP contribution in [0.15, 0.2) is 30.3 Å². The van der Waals surface area contributed by atoms with Crippen LogP contribution in [0, 0.1) is 0 Å². The Hall–Kier alpha value is -1.65. The predicted octanol–water partition coefficient (Wildman–Crippen LogP) is 2.10. The first kappa shape index (κ1) is 22.6. The largest absolute Gasteiger partial charge is 0.421 e. The lowest BCUT2D eigenvalue weighted by Crippen LogP contribution is -2.51. The number of halogens is 3. The Bertz CT molecular complexity index is 778. The summed E-state index contributed by atoms with van der Waals surface area (Å²) in [6, 6.07) is 6.23. The maximum Gasteiger partial charge on any atom is 0.421 e. The molecule has 1 aromatic carbocycles. The van der Waals surface area contributed by atoms with Gasteiger partial charge >= 0.3 is 6.18 Å². The van der Waals surface area contributed by atoms with Gasteiger partial charge in [0.15, 0.2) is 5.60 Å². The maximum atomic E-state index is 13.6. The standard InChI is InChI=1S/C18H25F3N2O4S/c1-3-28(26,27)22(2)15-9-11-23(12-10-15)16(24)13-17(25,18(19,20)21)14-7-5-4-6-8-14/h4-8,15,25H,3,9-13H2,1-2H3. The molecule has 1 amide bonds. The SMILES string of the molecule is CCS(=O)(=O)N(C)C1CCN(C(=O)CC(O)(c2ccccc2)C(F)(F)F)CC1. The van der Waals surface area contributed by atoms with Crippen LogP contribution in [0.4, 0.5) is 13.2 Å². The molecule has 0 bridgehead atoms. The summed E-state index contributed by atoms with van der Waals surface area (Å²) >= 11 is 0. The molecular weight excluding hydrogens is 397 g/mol. The van der Waals surface area contributed by atoms with Gasteiger partial charge < -0.3 is 10.0 Å². The Morgan fingerprint density at radius 3 is 2.21 bits per heavy atom. The van der Waals surface area contributed by atoms with Gasteiger partial charge in [-0.3, -0.25) is 4.79 Å². The molecule has 158 valence electrons. The van der Waals surface area contributed by atoms with Crippen LogP contribution in [-0.2, 0) is 20.4 Å². The van der Waals surface area contributed by atoms with Crippen molar-refractivity contribution in [3.63, 3.8) is 0 Å². The number of benzene rings is 1. The first-order valence-corrected chi connectivity index (χ1v) is 10.6. The van der Waals surface area contributed by atoms with E-state index in [1.165, 1.54) is 41.4 Å². The minimum absolute atomic E-state index is 0.0433. The van der Waals surface area contributed by atoms with Crippen molar-refractivity contribution in [2.45, 2.75) is 44.0 Å². The van der Waals surface area contributed by atoms with Gasteiger partial charge in [0.25, 0.3) is 0 Å². The zero-order chi connectivity index (χ0) is 21.2. The molecule has 1 atom stereocenters. The number of hydrogen-bond donors (Lipinski definition) is 1. The number of rotatable bonds is 6. The van der Waals surface area contributed by atoms with Crippen LogP contribution in [0.1, 0.15) is 31.7 Å². The summed E-state index contributed by atoms with van der Waals surface area (Å²) in [7, 11) is -1.91. The van der Waals surface area contributed by atoms with Crippen molar-refractivity contribution in [1.29, 1.82) is 0 Å². The molecule has 10 heteroatoms. The summed E-state index contributed by atoms with van der Waals surface area (Å²) in [6.07, 6.45) is -5.47. The monoisotopic (exact) mass is 422 g/mol. The van der Waals surface area contributed by atoms with E-state index >= 15 is 0 Å². The second kappa shape index (κ2) is 8.38. The summed E-state index contributed by atoms with van der Waals surface area (Å²) < 4.78 is 65.9. The maximum absolute atomic E-state index is 13.6. The third kappa shape index (κ3) is 4.66. The number of likely N-dealkylation sites (tertiary alicyclic amines) is 1. The molecule has 0 aliphatic carbocycles. The second-order valence-corrected chi connectivity index (χ2v) is 9.25. The zero-order valence-corrected chi connectivity index (χ0v) is 16.6. The van der Waals surface area contributed by atoms with E-state index in [4.69, 9.17) is 0 Å². The molecule has 1 aromatic rings. The molecule has 1 N–H and O–H groups in total. The molecule has 1 fully saturated rings. The van der Waals surface area contributed by atoms with Crippen LogP contribution in [0.25, 0.3) is 0 Å². The normalized spacial score (nSPS) is 18.9. The second-order valence-electron chi connectivity index (χ2n) is 6.93. The first-order valence-electron chi connectivity index (χ1n) is 9.00. The van der Waals surface area contributed by atoms with Crippen LogP contribution < -0.4 is 0 Å². The highest BCUT2D eigenvalue weighted by Gasteiger charge is 2.56. The Morgan fingerprint density at radius 1 is 1.21 bits per heavy atom. The highest BCUT2D eigenvalue weighted by molar-refractivity contribution is 7.89. The molecule has 6 nitrogen and oxygen atoms in total. The van der Waals surface area contributed by atoms with Gasteiger partial charge in [0, 0.05) is 26.2 Å². The van der Waals surface area contributed by atoms with E-state index < -0.39 is 34.1 Å². The molecule has 0 radical (unpaired) electrons. The van der Waals surface area contributed by atoms with E-state index in [9.17, 15) is 31.5 Å². The average Bonchev–Trinajstić information content (AvgIpc) is 2.67. The number of aliphatic hydroxyl groups is 1. The Morgan fingerprint density at radius 2 is 1.75 bits per heavy atom. The third-order valence-corrected chi connectivity index (χ3v) is 7.17. The number of nitrogens with zero attached hydrogens (tertiary/aromatic N) is 2. The number of hydrogen-bond acceptors (Lipinski definition) is 4. The molecule has 1 heterocycles. The molecule has 28 heavy (non-hydrogen) atoms. The number of amides is 1. The number of carbonyl (C=O) groups excluding carboxylic acids is 1. The lowest BCUT2D eigenvalue weighted by atomic mass is 9.88. The third-order valence-electron chi connectivity index (χ3n) is 5.26. The molecule has 0 aromatic heterocycles. The molecule has 1 unspecified atom stereocenters. The lowest BCUT2D eigenvalue weighted by Gasteiger charge is -2.38. The van der Waals surface area contributed by atoms with E-state index in [0.29, 0.717) is 12.8 Å². The van der Waals surface area contributed by atoms with Crippen molar-refractivity contribution in [2.75, 3.05) is 25.9 Å². The van der Waals surface area contributed by atoms with Crippen molar-refractivity contribution in [3.05, 3.63) is 35.9 Å². The topological polar surface area (TPSA) is 77.9 Å². The van der Waals surface area contributed by atoms with E-state index in [0.717, 1.165) is 12.1 Å². The quantitative estimate of drug-likeness (QED) is 0.762. The number of alkyl halides is 3.